The monoisotopic (exact) mass is 538 g/mol. The van der Waals surface area contributed by atoms with Gasteiger partial charge in [0.25, 0.3) is 5.91 Å². The Kier molecular flexibility index (Phi) is 5.51. The van der Waals surface area contributed by atoms with E-state index in [9.17, 15) is 4.79 Å². The molecular formula is C14H10Br4N2O. The molecule has 0 radical (unpaired) electrons. The van der Waals surface area contributed by atoms with Gasteiger partial charge < -0.3 is 11.1 Å². The Bertz CT molecular complexity index is 708. The van der Waals surface area contributed by atoms with Crippen LogP contribution in [0.4, 0.5) is 11.4 Å². The molecule has 2 aromatic rings. The first-order chi connectivity index (χ1) is 9.79. The molecule has 2 aromatic carbocycles. The van der Waals surface area contributed by atoms with Crippen LogP contribution in [0.15, 0.2) is 42.2 Å². The molecule has 0 aliphatic heterocycles. The largest absolute Gasteiger partial charge is 0.398 e. The lowest BCUT2D eigenvalue weighted by atomic mass is 10.1. The van der Waals surface area contributed by atoms with Gasteiger partial charge in [-0.25, -0.2) is 0 Å². The number of benzene rings is 2. The highest BCUT2D eigenvalue weighted by Crippen LogP contribution is 2.35. The maximum Gasteiger partial charge on any atom is 0.256 e. The molecule has 0 unspecified atom stereocenters. The van der Waals surface area contributed by atoms with Gasteiger partial charge >= 0.3 is 0 Å². The second-order valence-corrected chi connectivity index (χ2v) is 7.91. The van der Waals surface area contributed by atoms with Crippen LogP contribution in [0.3, 0.4) is 0 Å². The van der Waals surface area contributed by atoms with Gasteiger partial charge in [-0.3, -0.25) is 4.79 Å². The summed E-state index contributed by atoms with van der Waals surface area (Å²) >= 11 is 13.6. The van der Waals surface area contributed by atoms with Crippen LogP contribution in [0.1, 0.15) is 15.9 Å². The summed E-state index contributed by atoms with van der Waals surface area (Å²) in [6.07, 6.45) is 0. The summed E-state index contributed by atoms with van der Waals surface area (Å²) in [5, 5.41) is 2.89. The van der Waals surface area contributed by atoms with Crippen LogP contribution in [-0.2, 0) is 0 Å². The highest BCUT2D eigenvalue weighted by Gasteiger charge is 2.15. The van der Waals surface area contributed by atoms with E-state index >= 15 is 0 Å². The number of anilines is 2. The molecule has 0 bridgehead atoms. The first-order valence-corrected chi connectivity index (χ1v) is 8.98. The SMILES string of the molecule is Cc1c(N)cc(Br)cc1C(=O)Nc1c(Br)cc(Br)cc1Br. The van der Waals surface area contributed by atoms with Gasteiger partial charge in [0.1, 0.15) is 0 Å². The van der Waals surface area contributed by atoms with Gasteiger partial charge in [-0.05, 0) is 68.6 Å². The van der Waals surface area contributed by atoms with Gasteiger partial charge in [0, 0.05) is 29.1 Å². The average molecular weight is 542 g/mol. The molecule has 0 saturated carbocycles. The molecule has 21 heavy (non-hydrogen) atoms. The first kappa shape index (κ1) is 17.0. The Morgan fingerprint density at radius 1 is 1.00 bits per heavy atom. The van der Waals surface area contributed by atoms with Gasteiger partial charge in [0.15, 0.2) is 0 Å². The molecule has 3 N–H and O–H groups in total. The Morgan fingerprint density at radius 3 is 2.10 bits per heavy atom. The van der Waals surface area contributed by atoms with E-state index in [1.54, 1.807) is 12.1 Å². The van der Waals surface area contributed by atoms with E-state index < -0.39 is 0 Å². The van der Waals surface area contributed by atoms with Gasteiger partial charge in [0.05, 0.1) is 5.69 Å². The summed E-state index contributed by atoms with van der Waals surface area (Å²) in [5.74, 6) is -0.218. The van der Waals surface area contributed by atoms with Crippen molar-refractivity contribution < 1.29 is 4.79 Å². The molecule has 1 amide bonds. The molecule has 0 atom stereocenters. The molecule has 0 saturated heterocycles. The maximum atomic E-state index is 12.5. The number of rotatable bonds is 2. The van der Waals surface area contributed by atoms with E-state index in [0.29, 0.717) is 16.9 Å². The summed E-state index contributed by atoms with van der Waals surface area (Å²) in [4.78, 5) is 12.5. The molecule has 3 nitrogen and oxygen atoms in total. The van der Waals surface area contributed by atoms with Crippen molar-refractivity contribution in [2.24, 2.45) is 0 Å². The Balaban J connectivity index is 2.40. The van der Waals surface area contributed by atoms with Crippen molar-refractivity contribution in [1.29, 1.82) is 0 Å². The van der Waals surface area contributed by atoms with Gasteiger partial charge in [0.2, 0.25) is 0 Å². The minimum Gasteiger partial charge on any atom is -0.398 e. The standard InChI is InChI=1S/C14H10Br4N2O/c1-6-9(2-7(15)5-12(6)19)14(21)20-13-10(17)3-8(16)4-11(13)18/h2-5H,19H2,1H3,(H,20,21). The van der Waals surface area contributed by atoms with Crippen LogP contribution < -0.4 is 11.1 Å². The second kappa shape index (κ2) is 6.81. The number of halogens is 4. The Morgan fingerprint density at radius 2 is 1.52 bits per heavy atom. The van der Waals surface area contributed by atoms with E-state index in [2.05, 4.69) is 69.0 Å². The minimum atomic E-state index is -0.218. The van der Waals surface area contributed by atoms with Gasteiger partial charge in [-0.2, -0.15) is 0 Å². The average Bonchev–Trinajstić information content (AvgIpc) is 2.37. The van der Waals surface area contributed by atoms with Crippen LogP contribution in [0, 0.1) is 6.92 Å². The molecule has 0 fully saturated rings. The lowest BCUT2D eigenvalue weighted by Gasteiger charge is -2.13. The van der Waals surface area contributed by atoms with Gasteiger partial charge in [-0.1, -0.05) is 31.9 Å². The zero-order chi connectivity index (χ0) is 15.7. The number of carbonyl (C=O) groups is 1. The third kappa shape index (κ3) is 3.88. The Labute approximate surface area is 156 Å². The number of nitrogens with two attached hydrogens (primary N) is 1. The van der Waals surface area contributed by atoms with E-state index in [-0.39, 0.29) is 5.91 Å². The fraction of sp³-hybridized carbons (Fsp3) is 0.0714. The summed E-state index contributed by atoms with van der Waals surface area (Å²) in [6, 6.07) is 7.25. The van der Waals surface area contributed by atoms with E-state index in [1.807, 2.05) is 19.1 Å². The molecule has 0 aliphatic rings. The lowest BCUT2D eigenvalue weighted by Crippen LogP contribution is -2.15. The molecule has 0 heterocycles. The van der Waals surface area contributed by atoms with E-state index in [4.69, 9.17) is 5.73 Å². The summed E-state index contributed by atoms with van der Waals surface area (Å²) in [6.45, 7) is 1.82. The number of carbonyl (C=O) groups excluding carboxylic acids is 1. The molecule has 2 rings (SSSR count). The molecule has 0 aromatic heterocycles. The fourth-order valence-corrected chi connectivity index (χ4v) is 4.71. The third-order valence-electron chi connectivity index (χ3n) is 2.90. The minimum absolute atomic E-state index is 0.218. The number of hydrogen-bond acceptors (Lipinski definition) is 2. The molecule has 7 heteroatoms. The predicted octanol–water partition coefficient (Wildman–Crippen LogP) is 5.88. The van der Waals surface area contributed by atoms with Crippen LogP contribution >= 0.6 is 63.7 Å². The van der Waals surface area contributed by atoms with Gasteiger partial charge in [-0.15, -0.1) is 0 Å². The smallest absolute Gasteiger partial charge is 0.256 e. The topological polar surface area (TPSA) is 55.1 Å². The van der Waals surface area contributed by atoms with Crippen molar-refractivity contribution in [2.45, 2.75) is 6.92 Å². The van der Waals surface area contributed by atoms with Crippen LogP contribution in [-0.4, -0.2) is 5.91 Å². The van der Waals surface area contributed by atoms with E-state index in [1.165, 1.54) is 0 Å². The zero-order valence-electron chi connectivity index (χ0n) is 10.8. The molecule has 0 aliphatic carbocycles. The third-order valence-corrected chi connectivity index (χ3v) is 5.07. The molecule has 0 spiro atoms. The zero-order valence-corrected chi connectivity index (χ0v) is 17.2. The summed E-state index contributed by atoms with van der Waals surface area (Å²) in [7, 11) is 0. The normalized spacial score (nSPS) is 10.5. The number of nitrogens with one attached hydrogen (secondary N) is 1. The van der Waals surface area contributed by atoms with Crippen molar-refractivity contribution in [3.63, 3.8) is 0 Å². The Hall–Kier alpha value is -0.370. The molecular weight excluding hydrogens is 532 g/mol. The maximum absolute atomic E-state index is 12.5. The second-order valence-electron chi connectivity index (χ2n) is 4.37. The fourth-order valence-electron chi connectivity index (χ4n) is 1.78. The highest BCUT2D eigenvalue weighted by atomic mass is 79.9. The highest BCUT2D eigenvalue weighted by molar-refractivity contribution is 9.11. The number of hydrogen-bond donors (Lipinski definition) is 2. The number of amides is 1. The summed E-state index contributed by atoms with van der Waals surface area (Å²) in [5.41, 5.74) is 8.42. The van der Waals surface area contributed by atoms with E-state index in [0.717, 1.165) is 23.5 Å². The van der Waals surface area contributed by atoms with Crippen LogP contribution in [0.5, 0.6) is 0 Å². The lowest BCUT2D eigenvalue weighted by molar-refractivity contribution is 0.102. The number of nitrogen functional groups attached to an aromatic ring is 1. The quantitative estimate of drug-likeness (QED) is 0.467. The van der Waals surface area contributed by atoms with Crippen molar-refractivity contribution >= 4 is 81.0 Å². The van der Waals surface area contributed by atoms with Crippen molar-refractivity contribution in [2.75, 3.05) is 11.1 Å². The van der Waals surface area contributed by atoms with Crippen molar-refractivity contribution in [1.82, 2.24) is 0 Å². The van der Waals surface area contributed by atoms with Crippen molar-refractivity contribution in [3.05, 3.63) is 53.3 Å². The van der Waals surface area contributed by atoms with Crippen molar-refractivity contribution in [3.8, 4) is 0 Å². The summed E-state index contributed by atoms with van der Waals surface area (Å²) < 4.78 is 3.22. The van der Waals surface area contributed by atoms with Crippen LogP contribution in [0.2, 0.25) is 0 Å². The predicted molar refractivity (Wildman–Crippen MR) is 101 cm³/mol. The van der Waals surface area contributed by atoms with Crippen LogP contribution in [0.25, 0.3) is 0 Å². The molecule has 110 valence electrons. The first-order valence-electron chi connectivity index (χ1n) is 5.81.